The van der Waals surface area contributed by atoms with Crippen LogP contribution in [-0.2, 0) is 0 Å². The number of hydrogen-bond donors (Lipinski definition) is 1. The van der Waals surface area contributed by atoms with Gasteiger partial charge in [0.2, 0.25) is 5.82 Å². The third-order valence-electron chi connectivity index (χ3n) is 2.99. The lowest BCUT2D eigenvalue weighted by molar-refractivity contribution is 0.0695. The zero-order valence-electron chi connectivity index (χ0n) is 11.1. The molecule has 7 nitrogen and oxygen atoms in total. The first-order valence-corrected chi connectivity index (χ1v) is 6.21. The number of carboxylic acids is 1. The van der Waals surface area contributed by atoms with Crippen molar-refractivity contribution in [1.82, 2.24) is 25.2 Å². The lowest BCUT2D eigenvalue weighted by Gasteiger charge is -2.05. The highest BCUT2D eigenvalue weighted by Gasteiger charge is 2.18. The molecule has 3 rings (SSSR count). The largest absolute Gasteiger partial charge is 0.478 e. The van der Waals surface area contributed by atoms with E-state index in [9.17, 15) is 9.90 Å². The quantitative estimate of drug-likeness (QED) is 0.785. The fourth-order valence-corrected chi connectivity index (χ4v) is 1.97. The molecule has 0 saturated carbocycles. The van der Waals surface area contributed by atoms with Crippen LogP contribution in [0.2, 0.25) is 0 Å². The molecular weight excluding hydrogens is 270 g/mol. The number of carboxylic acid groups (broad SMARTS) is 1. The topological polar surface area (TPSA) is 93.8 Å². The van der Waals surface area contributed by atoms with E-state index in [-0.39, 0.29) is 11.4 Å². The van der Waals surface area contributed by atoms with E-state index in [1.54, 1.807) is 13.0 Å². The van der Waals surface area contributed by atoms with Gasteiger partial charge in [-0.3, -0.25) is 0 Å². The molecule has 0 aliphatic heterocycles. The second-order valence-electron chi connectivity index (χ2n) is 4.40. The molecule has 0 aliphatic rings. The van der Waals surface area contributed by atoms with E-state index in [0.29, 0.717) is 11.4 Å². The standard InChI is InChI=1S/C14H11N5O2/c1-9-7-8-15-13(11(9)14(20)21)19-17-12(16-18-19)10-5-3-2-4-6-10/h2-8H,1H3,(H,20,21). The van der Waals surface area contributed by atoms with Crippen molar-refractivity contribution in [2.75, 3.05) is 0 Å². The Hall–Kier alpha value is -3.09. The van der Waals surface area contributed by atoms with Crippen LogP contribution in [0.1, 0.15) is 15.9 Å². The normalized spacial score (nSPS) is 10.5. The minimum atomic E-state index is -1.07. The smallest absolute Gasteiger partial charge is 0.339 e. The lowest BCUT2D eigenvalue weighted by atomic mass is 10.1. The molecule has 0 saturated heterocycles. The SMILES string of the molecule is Cc1ccnc(-n2nnc(-c3ccccc3)n2)c1C(=O)O. The summed E-state index contributed by atoms with van der Waals surface area (Å²) >= 11 is 0. The van der Waals surface area contributed by atoms with Gasteiger partial charge < -0.3 is 5.11 Å². The van der Waals surface area contributed by atoms with E-state index < -0.39 is 5.97 Å². The molecule has 0 fully saturated rings. The van der Waals surface area contributed by atoms with Crippen molar-refractivity contribution < 1.29 is 9.90 Å². The van der Waals surface area contributed by atoms with Gasteiger partial charge in [0, 0.05) is 11.8 Å². The van der Waals surface area contributed by atoms with Crippen molar-refractivity contribution in [1.29, 1.82) is 0 Å². The van der Waals surface area contributed by atoms with Crippen molar-refractivity contribution in [2.24, 2.45) is 0 Å². The Balaban J connectivity index is 2.09. The van der Waals surface area contributed by atoms with Gasteiger partial charge in [-0.1, -0.05) is 30.3 Å². The molecule has 21 heavy (non-hydrogen) atoms. The van der Waals surface area contributed by atoms with Gasteiger partial charge in [-0.25, -0.2) is 9.78 Å². The highest BCUT2D eigenvalue weighted by atomic mass is 16.4. The van der Waals surface area contributed by atoms with E-state index in [1.807, 2.05) is 30.3 Å². The van der Waals surface area contributed by atoms with Crippen molar-refractivity contribution in [3.63, 3.8) is 0 Å². The first-order chi connectivity index (χ1) is 10.2. The second kappa shape index (κ2) is 5.12. The molecule has 0 bridgehead atoms. The van der Waals surface area contributed by atoms with Gasteiger partial charge in [-0.2, -0.15) is 0 Å². The minimum Gasteiger partial charge on any atom is -0.478 e. The molecule has 0 unspecified atom stereocenters. The van der Waals surface area contributed by atoms with Gasteiger partial charge >= 0.3 is 5.97 Å². The molecule has 2 aromatic heterocycles. The summed E-state index contributed by atoms with van der Waals surface area (Å²) in [6, 6.07) is 10.9. The maximum atomic E-state index is 11.4. The Bertz CT molecular complexity index is 798. The number of aromatic nitrogens is 5. The van der Waals surface area contributed by atoms with Gasteiger partial charge in [0.05, 0.1) is 0 Å². The van der Waals surface area contributed by atoms with Gasteiger partial charge in [0.15, 0.2) is 5.82 Å². The number of tetrazole rings is 1. The number of carbonyl (C=O) groups is 1. The van der Waals surface area contributed by atoms with Crippen LogP contribution >= 0.6 is 0 Å². The molecule has 0 aliphatic carbocycles. The number of pyridine rings is 1. The predicted octanol–water partition coefficient (Wildman–Crippen LogP) is 1.73. The Labute approximate surface area is 119 Å². The number of benzene rings is 1. The summed E-state index contributed by atoms with van der Waals surface area (Å²) in [7, 11) is 0. The second-order valence-corrected chi connectivity index (χ2v) is 4.40. The van der Waals surface area contributed by atoms with Gasteiger partial charge in [-0.05, 0) is 23.8 Å². The average molecular weight is 281 g/mol. The Morgan fingerprint density at radius 3 is 2.67 bits per heavy atom. The maximum absolute atomic E-state index is 11.4. The number of aryl methyl sites for hydroxylation is 1. The highest BCUT2D eigenvalue weighted by molar-refractivity contribution is 5.92. The first kappa shape index (κ1) is 12.9. The molecule has 7 heteroatoms. The summed E-state index contributed by atoms with van der Waals surface area (Å²) in [6.07, 6.45) is 1.52. The molecule has 0 atom stereocenters. The molecule has 3 aromatic rings. The molecule has 0 radical (unpaired) electrons. The summed E-state index contributed by atoms with van der Waals surface area (Å²) in [5.41, 5.74) is 1.45. The van der Waals surface area contributed by atoms with Crippen LogP contribution in [0, 0.1) is 6.92 Å². The maximum Gasteiger partial charge on any atom is 0.339 e. The van der Waals surface area contributed by atoms with Crippen LogP contribution in [-0.4, -0.2) is 36.3 Å². The molecule has 2 heterocycles. The van der Waals surface area contributed by atoms with Crippen molar-refractivity contribution in [3.05, 3.63) is 53.7 Å². The summed E-state index contributed by atoms with van der Waals surface area (Å²) in [5, 5.41) is 21.3. The third-order valence-corrected chi connectivity index (χ3v) is 2.99. The monoisotopic (exact) mass is 281 g/mol. The number of aromatic carboxylic acids is 1. The molecule has 104 valence electrons. The number of nitrogens with zero attached hydrogens (tertiary/aromatic N) is 5. The van der Waals surface area contributed by atoms with Crippen molar-refractivity contribution in [3.8, 4) is 17.2 Å². The van der Waals surface area contributed by atoms with Crippen molar-refractivity contribution >= 4 is 5.97 Å². The number of rotatable bonds is 3. The van der Waals surface area contributed by atoms with Crippen LogP contribution in [0.3, 0.4) is 0 Å². The van der Waals surface area contributed by atoms with Crippen LogP contribution in [0.15, 0.2) is 42.6 Å². The summed E-state index contributed by atoms with van der Waals surface area (Å²) < 4.78 is 0. The summed E-state index contributed by atoms with van der Waals surface area (Å²) in [6.45, 7) is 1.70. The lowest BCUT2D eigenvalue weighted by Crippen LogP contribution is -2.12. The van der Waals surface area contributed by atoms with Gasteiger partial charge in [-0.15, -0.1) is 15.0 Å². The van der Waals surface area contributed by atoms with Gasteiger partial charge in [0.25, 0.3) is 0 Å². The Morgan fingerprint density at radius 2 is 1.95 bits per heavy atom. The van der Waals surface area contributed by atoms with E-state index in [1.165, 1.54) is 6.20 Å². The first-order valence-electron chi connectivity index (χ1n) is 6.21. The average Bonchev–Trinajstić information content (AvgIpc) is 2.97. The fourth-order valence-electron chi connectivity index (χ4n) is 1.97. The van der Waals surface area contributed by atoms with Crippen LogP contribution in [0.25, 0.3) is 17.2 Å². The van der Waals surface area contributed by atoms with Crippen LogP contribution < -0.4 is 0 Å². The molecule has 1 N–H and O–H groups in total. The van der Waals surface area contributed by atoms with Crippen LogP contribution in [0.4, 0.5) is 0 Å². The van der Waals surface area contributed by atoms with Gasteiger partial charge in [0.1, 0.15) is 5.56 Å². The Kier molecular flexibility index (Phi) is 3.15. The highest BCUT2D eigenvalue weighted by Crippen LogP contribution is 2.17. The molecule has 1 aromatic carbocycles. The van der Waals surface area contributed by atoms with E-state index in [4.69, 9.17) is 0 Å². The molecular formula is C14H11N5O2. The Morgan fingerprint density at radius 1 is 1.19 bits per heavy atom. The summed E-state index contributed by atoms with van der Waals surface area (Å²) in [5.74, 6) is -0.512. The molecule has 0 amide bonds. The zero-order valence-corrected chi connectivity index (χ0v) is 11.1. The van der Waals surface area contributed by atoms with E-state index in [0.717, 1.165) is 10.4 Å². The minimum absolute atomic E-state index is 0.0644. The molecule has 0 spiro atoms. The van der Waals surface area contributed by atoms with E-state index in [2.05, 4.69) is 20.4 Å². The van der Waals surface area contributed by atoms with Crippen LogP contribution in [0.5, 0.6) is 0 Å². The zero-order chi connectivity index (χ0) is 14.8. The summed E-state index contributed by atoms with van der Waals surface area (Å²) in [4.78, 5) is 16.6. The fraction of sp³-hybridized carbons (Fsp3) is 0.0714. The van der Waals surface area contributed by atoms with E-state index >= 15 is 0 Å². The van der Waals surface area contributed by atoms with Crippen molar-refractivity contribution in [2.45, 2.75) is 6.92 Å². The third kappa shape index (κ3) is 2.36. The number of hydrogen-bond acceptors (Lipinski definition) is 5. The predicted molar refractivity (Wildman–Crippen MR) is 74.1 cm³/mol.